The quantitative estimate of drug-likeness (QED) is 0.850. The summed E-state index contributed by atoms with van der Waals surface area (Å²) in [5.74, 6) is 0.611. The van der Waals surface area contributed by atoms with Gasteiger partial charge in [-0.05, 0) is 43.8 Å². The summed E-state index contributed by atoms with van der Waals surface area (Å²) >= 11 is 0. The molecular formula is C15H18N4O2. The normalized spacial score (nSPS) is 10.2. The molecular weight excluding hydrogens is 268 g/mol. The van der Waals surface area contributed by atoms with Crippen molar-refractivity contribution in [1.82, 2.24) is 15.3 Å². The van der Waals surface area contributed by atoms with Gasteiger partial charge in [0.15, 0.2) is 0 Å². The lowest BCUT2D eigenvalue weighted by Crippen LogP contribution is -2.19. The Morgan fingerprint density at radius 3 is 2.71 bits per heavy atom. The van der Waals surface area contributed by atoms with Gasteiger partial charge in [0.2, 0.25) is 5.91 Å². The van der Waals surface area contributed by atoms with E-state index in [1.54, 1.807) is 24.5 Å². The maximum absolute atomic E-state index is 11.7. The predicted molar refractivity (Wildman–Crippen MR) is 80.5 cm³/mol. The van der Waals surface area contributed by atoms with Crippen molar-refractivity contribution >= 4 is 11.6 Å². The van der Waals surface area contributed by atoms with Crippen LogP contribution >= 0.6 is 0 Å². The highest BCUT2D eigenvalue weighted by Crippen LogP contribution is 2.24. The number of hydrogen-bond acceptors (Lipinski definition) is 5. The van der Waals surface area contributed by atoms with Crippen LogP contribution in [0.25, 0.3) is 0 Å². The minimum Gasteiger partial charge on any atom is -0.424 e. The molecule has 6 nitrogen and oxygen atoms in total. The smallest absolute Gasteiger partial charge is 0.321 e. The number of carbonyl (C=O) groups excluding carboxylic acids is 1. The van der Waals surface area contributed by atoms with E-state index in [1.165, 1.54) is 0 Å². The number of anilines is 1. The minimum absolute atomic E-state index is 0.0208. The van der Waals surface area contributed by atoms with Crippen LogP contribution in [0.4, 0.5) is 5.69 Å². The Labute approximate surface area is 123 Å². The second kappa shape index (κ2) is 7.35. The Balaban J connectivity index is 2.02. The van der Waals surface area contributed by atoms with Gasteiger partial charge in [-0.25, -0.2) is 9.97 Å². The topological polar surface area (TPSA) is 76.1 Å². The van der Waals surface area contributed by atoms with Gasteiger partial charge in [0.05, 0.1) is 0 Å². The van der Waals surface area contributed by atoms with Gasteiger partial charge < -0.3 is 15.4 Å². The van der Waals surface area contributed by atoms with Crippen LogP contribution in [-0.2, 0) is 4.79 Å². The molecule has 0 spiro atoms. The van der Waals surface area contributed by atoms with Crippen LogP contribution in [0.5, 0.6) is 11.8 Å². The molecule has 1 aromatic heterocycles. The number of carbonyl (C=O) groups is 1. The van der Waals surface area contributed by atoms with Crippen molar-refractivity contribution in [3.05, 3.63) is 42.2 Å². The van der Waals surface area contributed by atoms with Gasteiger partial charge in [-0.1, -0.05) is 0 Å². The number of aromatic nitrogens is 2. The molecule has 110 valence electrons. The van der Waals surface area contributed by atoms with Crippen molar-refractivity contribution in [3.8, 4) is 11.8 Å². The second-order valence-electron chi connectivity index (χ2n) is 4.51. The largest absolute Gasteiger partial charge is 0.424 e. The van der Waals surface area contributed by atoms with Crippen LogP contribution in [0.3, 0.4) is 0 Å². The standard InChI is InChI=1S/C15H18N4O2/c1-11-10-12(21-15-17-7-3-8-18-15)4-5-13(11)19-14(20)6-9-16-2/h3-5,7-8,10,16H,6,9H2,1-2H3,(H,19,20). The van der Waals surface area contributed by atoms with Gasteiger partial charge >= 0.3 is 6.01 Å². The maximum atomic E-state index is 11.7. The van der Waals surface area contributed by atoms with Crippen molar-refractivity contribution < 1.29 is 9.53 Å². The SMILES string of the molecule is CNCCC(=O)Nc1ccc(Oc2ncccn2)cc1C. The lowest BCUT2D eigenvalue weighted by atomic mass is 10.2. The van der Waals surface area contributed by atoms with Crippen LogP contribution < -0.4 is 15.4 Å². The first-order chi connectivity index (χ1) is 10.2. The van der Waals surface area contributed by atoms with Crippen molar-refractivity contribution in [1.29, 1.82) is 0 Å². The Bertz CT molecular complexity index is 602. The van der Waals surface area contributed by atoms with E-state index in [0.29, 0.717) is 24.7 Å². The molecule has 0 fully saturated rings. The van der Waals surface area contributed by atoms with Crippen LogP contribution in [0.1, 0.15) is 12.0 Å². The first kappa shape index (κ1) is 14.9. The fraction of sp³-hybridized carbons (Fsp3) is 0.267. The molecule has 1 amide bonds. The number of benzene rings is 1. The zero-order valence-corrected chi connectivity index (χ0v) is 12.1. The Morgan fingerprint density at radius 1 is 1.29 bits per heavy atom. The van der Waals surface area contributed by atoms with Crippen LogP contribution in [-0.4, -0.2) is 29.5 Å². The van der Waals surface area contributed by atoms with E-state index in [2.05, 4.69) is 20.6 Å². The first-order valence-electron chi connectivity index (χ1n) is 6.69. The first-order valence-corrected chi connectivity index (χ1v) is 6.69. The fourth-order valence-corrected chi connectivity index (χ4v) is 1.73. The lowest BCUT2D eigenvalue weighted by molar-refractivity contribution is -0.116. The van der Waals surface area contributed by atoms with Crippen LogP contribution in [0.2, 0.25) is 0 Å². The average Bonchev–Trinajstić information content (AvgIpc) is 2.49. The minimum atomic E-state index is -0.0208. The van der Waals surface area contributed by atoms with Gasteiger partial charge in [0.1, 0.15) is 5.75 Å². The molecule has 6 heteroatoms. The van der Waals surface area contributed by atoms with Crippen molar-refractivity contribution in [2.75, 3.05) is 18.9 Å². The van der Waals surface area contributed by atoms with E-state index in [0.717, 1.165) is 11.3 Å². The van der Waals surface area contributed by atoms with E-state index in [1.807, 2.05) is 26.1 Å². The van der Waals surface area contributed by atoms with Gasteiger partial charge in [-0.15, -0.1) is 0 Å². The summed E-state index contributed by atoms with van der Waals surface area (Å²) in [6, 6.07) is 7.44. The van der Waals surface area contributed by atoms with Crippen molar-refractivity contribution in [3.63, 3.8) is 0 Å². The van der Waals surface area contributed by atoms with Crippen molar-refractivity contribution in [2.45, 2.75) is 13.3 Å². The molecule has 1 aromatic carbocycles. The van der Waals surface area contributed by atoms with E-state index in [4.69, 9.17) is 4.74 Å². The molecule has 2 N–H and O–H groups in total. The molecule has 1 heterocycles. The van der Waals surface area contributed by atoms with Gasteiger partial charge in [-0.2, -0.15) is 0 Å². The lowest BCUT2D eigenvalue weighted by Gasteiger charge is -2.10. The summed E-state index contributed by atoms with van der Waals surface area (Å²) in [4.78, 5) is 19.7. The fourth-order valence-electron chi connectivity index (χ4n) is 1.73. The highest BCUT2D eigenvalue weighted by molar-refractivity contribution is 5.91. The molecule has 0 unspecified atom stereocenters. The molecule has 2 rings (SSSR count). The third-order valence-corrected chi connectivity index (χ3v) is 2.83. The number of ether oxygens (including phenoxy) is 1. The zero-order valence-electron chi connectivity index (χ0n) is 12.1. The van der Waals surface area contributed by atoms with Crippen LogP contribution in [0.15, 0.2) is 36.7 Å². The Hall–Kier alpha value is -2.47. The predicted octanol–water partition coefficient (Wildman–Crippen LogP) is 2.13. The molecule has 0 atom stereocenters. The van der Waals surface area contributed by atoms with Crippen molar-refractivity contribution in [2.24, 2.45) is 0 Å². The van der Waals surface area contributed by atoms with E-state index in [-0.39, 0.29) is 5.91 Å². The average molecular weight is 286 g/mol. The van der Waals surface area contributed by atoms with Crippen LogP contribution in [0, 0.1) is 6.92 Å². The van der Waals surface area contributed by atoms with Gasteiger partial charge in [0, 0.05) is 31.0 Å². The van der Waals surface area contributed by atoms with E-state index < -0.39 is 0 Å². The summed E-state index contributed by atoms with van der Waals surface area (Å²) < 4.78 is 5.54. The highest BCUT2D eigenvalue weighted by Gasteiger charge is 2.06. The third-order valence-electron chi connectivity index (χ3n) is 2.83. The third kappa shape index (κ3) is 4.54. The molecule has 0 bridgehead atoms. The second-order valence-corrected chi connectivity index (χ2v) is 4.51. The Kier molecular flexibility index (Phi) is 5.22. The number of aryl methyl sites for hydroxylation is 1. The summed E-state index contributed by atoms with van der Waals surface area (Å²) in [6.07, 6.45) is 3.67. The summed E-state index contributed by atoms with van der Waals surface area (Å²) in [5.41, 5.74) is 1.69. The number of nitrogens with zero attached hydrogens (tertiary/aromatic N) is 2. The molecule has 0 saturated heterocycles. The summed E-state index contributed by atoms with van der Waals surface area (Å²) in [5, 5.41) is 5.81. The molecule has 0 aliphatic heterocycles. The molecule has 0 aliphatic rings. The zero-order chi connectivity index (χ0) is 15.1. The summed E-state index contributed by atoms with van der Waals surface area (Å²) in [7, 11) is 1.82. The monoisotopic (exact) mass is 286 g/mol. The Morgan fingerprint density at radius 2 is 2.05 bits per heavy atom. The number of hydrogen-bond donors (Lipinski definition) is 2. The number of nitrogens with one attached hydrogen (secondary N) is 2. The molecule has 21 heavy (non-hydrogen) atoms. The highest BCUT2D eigenvalue weighted by atomic mass is 16.5. The molecule has 0 aliphatic carbocycles. The van der Waals surface area contributed by atoms with E-state index in [9.17, 15) is 4.79 Å². The molecule has 0 saturated carbocycles. The summed E-state index contributed by atoms with van der Waals surface area (Å²) in [6.45, 7) is 2.56. The van der Waals surface area contributed by atoms with Gasteiger partial charge in [0.25, 0.3) is 0 Å². The number of amides is 1. The molecule has 0 radical (unpaired) electrons. The van der Waals surface area contributed by atoms with Gasteiger partial charge in [-0.3, -0.25) is 4.79 Å². The number of rotatable bonds is 6. The van der Waals surface area contributed by atoms with E-state index >= 15 is 0 Å². The maximum Gasteiger partial charge on any atom is 0.321 e. The molecule has 2 aromatic rings.